The minimum Gasteiger partial charge on any atom is -0.396 e. The van der Waals surface area contributed by atoms with Crippen LogP contribution in [0.4, 0.5) is 8.78 Å². The third kappa shape index (κ3) is 4.03. The Morgan fingerprint density at radius 3 is 2.95 bits per heavy atom. The smallest absolute Gasteiger partial charge is 0.220 e. The van der Waals surface area contributed by atoms with E-state index in [0.717, 1.165) is 31.4 Å². The Morgan fingerprint density at radius 2 is 2.23 bits per heavy atom. The molecule has 1 amide bonds. The van der Waals surface area contributed by atoms with Crippen molar-refractivity contribution in [2.45, 2.75) is 51.5 Å². The van der Waals surface area contributed by atoms with E-state index in [4.69, 9.17) is 0 Å². The van der Waals surface area contributed by atoms with Gasteiger partial charge in [-0.05, 0) is 49.4 Å². The molecule has 3 nitrogen and oxygen atoms in total. The number of aliphatic hydroxyl groups is 1. The molecule has 1 saturated carbocycles. The highest BCUT2D eigenvalue weighted by atomic mass is 19.1. The molecule has 5 heteroatoms. The third-order valence-corrected chi connectivity index (χ3v) is 4.64. The van der Waals surface area contributed by atoms with Crippen molar-refractivity contribution in [1.29, 1.82) is 0 Å². The van der Waals surface area contributed by atoms with Crippen LogP contribution < -0.4 is 5.32 Å². The van der Waals surface area contributed by atoms with Crippen LogP contribution in [0.2, 0.25) is 0 Å². The van der Waals surface area contributed by atoms with Gasteiger partial charge in [0.25, 0.3) is 0 Å². The molecule has 0 bridgehead atoms. The maximum atomic E-state index is 13.5. The van der Waals surface area contributed by atoms with E-state index in [-0.39, 0.29) is 30.4 Å². The van der Waals surface area contributed by atoms with Crippen molar-refractivity contribution < 1.29 is 18.7 Å². The number of nitrogens with one attached hydrogen (secondary N) is 1. The van der Waals surface area contributed by atoms with Gasteiger partial charge in [-0.1, -0.05) is 13.3 Å². The van der Waals surface area contributed by atoms with Crippen molar-refractivity contribution in [2.75, 3.05) is 6.61 Å². The average molecular weight is 311 g/mol. The van der Waals surface area contributed by atoms with Gasteiger partial charge in [-0.25, -0.2) is 8.78 Å². The number of aliphatic hydroxyl groups excluding tert-OH is 1. The molecule has 0 aliphatic heterocycles. The monoisotopic (exact) mass is 311 g/mol. The minimum atomic E-state index is -0.467. The van der Waals surface area contributed by atoms with Crippen molar-refractivity contribution >= 4 is 5.91 Å². The van der Waals surface area contributed by atoms with E-state index in [1.807, 2.05) is 6.92 Å². The lowest BCUT2D eigenvalue weighted by Gasteiger charge is -2.30. The van der Waals surface area contributed by atoms with E-state index in [0.29, 0.717) is 18.4 Å². The van der Waals surface area contributed by atoms with Crippen LogP contribution in [0.5, 0.6) is 0 Å². The Morgan fingerprint density at radius 1 is 1.45 bits per heavy atom. The number of amides is 1. The molecule has 1 aromatic carbocycles. The summed E-state index contributed by atoms with van der Waals surface area (Å²) in [6.45, 7) is 2.04. The average Bonchev–Trinajstić information content (AvgIpc) is 2.84. The summed E-state index contributed by atoms with van der Waals surface area (Å²) in [6.07, 6.45) is 3.85. The zero-order valence-corrected chi connectivity index (χ0v) is 12.9. The standard InChI is InChI=1S/C17H23F2NO2/c1-17(11-21)9-3-5-15(17)20-16(22)6-2-4-12-10-13(18)7-8-14(12)19/h7-8,10,15,21H,2-6,9,11H2,1H3,(H,20,22). The summed E-state index contributed by atoms with van der Waals surface area (Å²) in [6, 6.07) is 3.36. The van der Waals surface area contributed by atoms with Crippen molar-refractivity contribution in [3.63, 3.8) is 0 Å². The SMILES string of the molecule is CC1(CO)CCCC1NC(=O)CCCc1cc(F)ccc1F. The lowest BCUT2D eigenvalue weighted by molar-refractivity contribution is -0.122. The number of halogens is 2. The van der Waals surface area contributed by atoms with Gasteiger partial charge in [-0.3, -0.25) is 4.79 Å². The Balaban J connectivity index is 1.80. The molecule has 1 fully saturated rings. The van der Waals surface area contributed by atoms with Gasteiger partial charge in [0, 0.05) is 17.9 Å². The predicted molar refractivity (Wildman–Crippen MR) is 80.3 cm³/mol. The van der Waals surface area contributed by atoms with E-state index in [9.17, 15) is 18.7 Å². The fourth-order valence-corrected chi connectivity index (χ4v) is 3.11. The molecule has 22 heavy (non-hydrogen) atoms. The molecule has 1 aliphatic carbocycles. The van der Waals surface area contributed by atoms with Gasteiger partial charge in [0.1, 0.15) is 11.6 Å². The highest BCUT2D eigenvalue weighted by Gasteiger charge is 2.38. The van der Waals surface area contributed by atoms with Gasteiger partial charge < -0.3 is 10.4 Å². The number of aryl methyl sites for hydroxylation is 1. The lowest BCUT2D eigenvalue weighted by Crippen LogP contribution is -2.44. The number of benzene rings is 1. The largest absolute Gasteiger partial charge is 0.396 e. The summed E-state index contributed by atoms with van der Waals surface area (Å²) in [4.78, 5) is 12.0. The zero-order valence-electron chi connectivity index (χ0n) is 12.9. The predicted octanol–water partition coefficient (Wildman–Crippen LogP) is 2.95. The van der Waals surface area contributed by atoms with Crippen molar-refractivity contribution in [3.05, 3.63) is 35.4 Å². The van der Waals surface area contributed by atoms with Gasteiger partial charge in [0.15, 0.2) is 0 Å². The van der Waals surface area contributed by atoms with Gasteiger partial charge in [0.05, 0.1) is 6.61 Å². The van der Waals surface area contributed by atoms with Crippen LogP contribution in [0.15, 0.2) is 18.2 Å². The molecule has 1 aromatic rings. The minimum absolute atomic E-state index is 0.00379. The highest BCUT2D eigenvalue weighted by Crippen LogP contribution is 2.37. The van der Waals surface area contributed by atoms with Crippen molar-refractivity contribution in [2.24, 2.45) is 5.41 Å². The van der Waals surface area contributed by atoms with Crippen LogP contribution in [0.1, 0.15) is 44.6 Å². The lowest BCUT2D eigenvalue weighted by atomic mass is 9.85. The quantitative estimate of drug-likeness (QED) is 0.848. The van der Waals surface area contributed by atoms with Gasteiger partial charge in [-0.15, -0.1) is 0 Å². The topological polar surface area (TPSA) is 49.3 Å². The van der Waals surface area contributed by atoms with Crippen molar-refractivity contribution in [3.8, 4) is 0 Å². The second-order valence-corrected chi connectivity index (χ2v) is 6.41. The molecule has 0 heterocycles. The first-order valence-corrected chi connectivity index (χ1v) is 7.79. The van der Waals surface area contributed by atoms with Crippen molar-refractivity contribution in [1.82, 2.24) is 5.32 Å². The van der Waals surface area contributed by atoms with Crippen LogP contribution in [-0.2, 0) is 11.2 Å². The van der Waals surface area contributed by atoms with Gasteiger partial charge in [-0.2, -0.15) is 0 Å². The third-order valence-electron chi connectivity index (χ3n) is 4.64. The first-order chi connectivity index (χ1) is 10.4. The summed E-state index contributed by atoms with van der Waals surface area (Å²) in [5, 5.41) is 12.4. The Hall–Kier alpha value is -1.49. The summed E-state index contributed by atoms with van der Waals surface area (Å²) in [5.41, 5.74) is 0.0542. The number of carbonyl (C=O) groups is 1. The van der Waals surface area contributed by atoms with Crippen LogP contribution in [0, 0.1) is 17.0 Å². The van der Waals surface area contributed by atoms with Gasteiger partial charge in [0.2, 0.25) is 5.91 Å². The fraction of sp³-hybridized carbons (Fsp3) is 0.588. The molecule has 2 unspecified atom stereocenters. The number of rotatable bonds is 6. The molecular formula is C17H23F2NO2. The molecular weight excluding hydrogens is 288 g/mol. The number of hydrogen-bond donors (Lipinski definition) is 2. The van der Waals surface area contributed by atoms with Crippen LogP contribution in [-0.4, -0.2) is 23.7 Å². The van der Waals surface area contributed by atoms with E-state index in [2.05, 4.69) is 5.32 Å². The molecule has 0 radical (unpaired) electrons. The maximum absolute atomic E-state index is 13.5. The molecule has 2 rings (SSSR count). The molecule has 1 aliphatic rings. The highest BCUT2D eigenvalue weighted by molar-refractivity contribution is 5.76. The number of hydrogen-bond acceptors (Lipinski definition) is 2. The summed E-state index contributed by atoms with van der Waals surface area (Å²) in [5.74, 6) is -1.00. The molecule has 0 aromatic heterocycles. The van der Waals surface area contributed by atoms with E-state index < -0.39 is 11.6 Å². The van der Waals surface area contributed by atoms with Gasteiger partial charge >= 0.3 is 0 Å². The fourth-order valence-electron chi connectivity index (χ4n) is 3.11. The van der Waals surface area contributed by atoms with Crippen LogP contribution in [0.25, 0.3) is 0 Å². The van der Waals surface area contributed by atoms with Crippen LogP contribution >= 0.6 is 0 Å². The second kappa shape index (κ2) is 7.18. The second-order valence-electron chi connectivity index (χ2n) is 6.41. The van der Waals surface area contributed by atoms with E-state index >= 15 is 0 Å². The summed E-state index contributed by atoms with van der Waals surface area (Å²) >= 11 is 0. The summed E-state index contributed by atoms with van der Waals surface area (Å²) in [7, 11) is 0. The Labute approximate surface area is 129 Å². The zero-order chi connectivity index (χ0) is 16.2. The molecule has 2 N–H and O–H groups in total. The maximum Gasteiger partial charge on any atom is 0.220 e. The normalized spacial score (nSPS) is 24.5. The molecule has 0 spiro atoms. The Bertz CT molecular complexity index is 535. The molecule has 122 valence electrons. The first-order valence-electron chi connectivity index (χ1n) is 7.79. The van der Waals surface area contributed by atoms with E-state index in [1.54, 1.807) is 0 Å². The Kier molecular flexibility index (Phi) is 5.51. The van der Waals surface area contributed by atoms with E-state index in [1.165, 1.54) is 6.07 Å². The first kappa shape index (κ1) is 16.9. The molecule has 2 atom stereocenters. The molecule has 0 saturated heterocycles. The number of carbonyl (C=O) groups excluding carboxylic acids is 1. The summed E-state index contributed by atoms with van der Waals surface area (Å²) < 4.78 is 26.5. The van der Waals surface area contributed by atoms with Crippen LogP contribution in [0.3, 0.4) is 0 Å².